The molecule has 0 saturated heterocycles. The Balaban J connectivity index is 1.97. The first-order valence-corrected chi connectivity index (χ1v) is 6.58. The fourth-order valence-electron chi connectivity index (χ4n) is 1.96. The maximum Gasteiger partial charge on any atom is 0.408 e. The molecule has 0 aliphatic rings. The van der Waals surface area contributed by atoms with Crippen LogP contribution in [0.2, 0.25) is 0 Å². The normalized spacial score (nSPS) is 11.0. The Morgan fingerprint density at radius 3 is 2.48 bits per heavy atom. The minimum absolute atomic E-state index is 0.153. The predicted molar refractivity (Wildman–Crippen MR) is 78.9 cm³/mol. The highest BCUT2D eigenvalue weighted by Gasteiger charge is 2.26. The van der Waals surface area contributed by atoms with Crippen molar-refractivity contribution in [3.63, 3.8) is 0 Å². The van der Waals surface area contributed by atoms with Gasteiger partial charge in [0.05, 0.1) is 5.54 Å². The average Bonchev–Trinajstić information content (AvgIpc) is 2.46. The number of alkyl carbamates (subject to hydrolysis) is 1. The summed E-state index contributed by atoms with van der Waals surface area (Å²) in [5.74, 6) is -0.418. The molecule has 0 spiro atoms. The van der Waals surface area contributed by atoms with Crippen molar-refractivity contribution in [2.45, 2.75) is 19.1 Å². The van der Waals surface area contributed by atoms with Crippen LogP contribution >= 0.6 is 0 Å². The van der Waals surface area contributed by atoms with Crippen LogP contribution in [0, 0.1) is 12.7 Å². The van der Waals surface area contributed by atoms with E-state index in [0.717, 1.165) is 5.56 Å². The van der Waals surface area contributed by atoms with E-state index in [1.165, 1.54) is 6.07 Å². The third-order valence-corrected chi connectivity index (χ3v) is 3.06. The van der Waals surface area contributed by atoms with Gasteiger partial charge in [0, 0.05) is 5.56 Å². The van der Waals surface area contributed by atoms with E-state index >= 15 is 0 Å². The first kappa shape index (κ1) is 15.0. The number of hydrogen-bond donors (Lipinski definition) is 1. The van der Waals surface area contributed by atoms with E-state index in [0.29, 0.717) is 5.56 Å². The second kappa shape index (κ2) is 6.39. The summed E-state index contributed by atoms with van der Waals surface area (Å²) < 4.78 is 18.9. The zero-order chi connectivity index (χ0) is 15.3. The topological polar surface area (TPSA) is 38.3 Å². The Hall–Kier alpha value is -2.36. The molecule has 0 fully saturated rings. The van der Waals surface area contributed by atoms with Crippen molar-refractivity contribution in [3.8, 4) is 0 Å². The van der Waals surface area contributed by atoms with Crippen LogP contribution < -0.4 is 5.32 Å². The predicted octanol–water partition coefficient (Wildman–Crippen LogP) is 3.80. The molecule has 4 heteroatoms. The van der Waals surface area contributed by atoms with Crippen molar-refractivity contribution in [2.75, 3.05) is 0 Å². The molecule has 109 valence electrons. The fourth-order valence-corrected chi connectivity index (χ4v) is 1.96. The fraction of sp³-hybridized carbons (Fsp3) is 0.176. The standard InChI is InChI=1S/C17H17FNO2/c1-17(2,14-10-6-7-11-15(14)18)19-16(20)21-12-13-8-4-3-5-9-13/h3-11H,1,12H2,2H3,(H,19,20). The van der Waals surface area contributed by atoms with Crippen molar-refractivity contribution in [3.05, 3.63) is 78.5 Å². The van der Waals surface area contributed by atoms with Gasteiger partial charge in [-0.15, -0.1) is 0 Å². The molecule has 1 N–H and O–H groups in total. The van der Waals surface area contributed by atoms with Crippen LogP contribution in [0.1, 0.15) is 18.1 Å². The Morgan fingerprint density at radius 2 is 1.81 bits per heavy atom. The van der Waals surface area contributed by atoms with Gasteiger partial charge in [-0.3, -0.25) is 0 Å². The molecule has 1 amide bonds. The van der Waals surface area contributed by atoms with E-state index in [1.54, 1.807) is 25.1 Å². The smallest absolute Gasteiger partial charge is 0.408 e. The molecule has 3 nitrogen and oxygen atoms in total. The van der Waals surface area contributed by atoms with Crippen LogP contribution in [0.5, 0.6) is 0 Å². The number of nitrogens with one attached hydrogen (secondary N) is 1. The summed E-state index contributed by atoms with van der Waals surface area (Å²) in [5.41, 5.74) is 0.0880. The van der Waals surface area contributed by atoms with E-state index in [4.69, 9.17) is 4.74 Å². The van der Waals surface area contributed by atoms with Gasteiger partial charge in [0.2, 0.25) is 0 Å². The highest BCUT2D eigenvalue weighted by molar-refractivity contribution is 5.69. The molecule has 2 rings (SSSR count). The maximum absolute atomic E-state index is 13.8. The van der Waals surface area contributed by atoms with Gasteiger partial charge in [0.15, 0.2) is 0 Å². The van der Waals surface area contributed by atoms with Crippen LogP contribution in [-0.4, -0.2) is 6.09 Å². The van der Waals surface area contributed by atoms with Gasteiger partial charge in [-0.2, -0.15) is 0 Å². The molecule has 0 heterocycles. The number of carbonyl (C=O) groups is 1. The lowest BCUT2D eigenvalue weighted by Gasteiger charge is -2.26. The van der Waals surface area contributed by atoms with Gasteiger partial charge >= 0.3 is 6.09 Å². The largest absolute Gasteiger partial charge is 0.445 e. The summed E-state index contributed by atoms with van der Waals surface area (Å²) in [4.78, 5) is 11.8. The third-order valence-electron chi connectivity index (χ3n) is 3.06. The molecule has 2 aromatic rings. The van der Waals surface area contributed by atoms with Crippen molar-refractivity contribution in [1.29, 1.82) is 0 Å². The van der Waals surface area contributed by atoms with Crippen LogP contribution in [-0.2, 0) is 16.9 Å². The highest BCUT2D eigenvalue weighted by atomic mass is 19.1. The number of carbonyl (C=O) groups excluding carboxylic acids is 1. The second-order valence-electron chi connectivity index (χ2n) is 5.00. The average molecular weight is 286 g/mol. The van der Waals surface area contributed by atoms with Gasteiger partial charge in [-0.25, -0.2) is 9.18 Å². The molecule has 0 aliphatic carbocycles. The molecule has 1 atom stereocenters. The molecule has 1 radical (unpaired) electrons. The summed E-state index contributed by atoms with van der Waals surface area (Å²) >= 11 is 0. The number of benzene rings is 2. The highest BCUT2D eigenvalue weighted by Crippen LogP contribution is 2.22. The van der Waals surface area contributed by atoms with Crippen LogP contribution in [0.4, 0.5) is 9.18 Å². The minimum Gasteiger partial charge on any atom is -0.445 e. The Bertz CT molecular complexity index is 611. The summed E-state index contributed by atoms with van der Waals surface area (Å²) in [6.07, 6.45) is -0.639. The molecule has 0 bridgehead atoms. The summed E-state index contributed by atoms with van der Waals surface area (Å²) in [6, 6.07) is 15.5. The van der Waals surface area contributed by atoms with E-state index in [2.05, 4.69) is 12.2 Å². The lowest BCUT2D eigenvalue weighted by Crippen LogP contribution is -2.42. The van der Waals surface area contributed by atoms with E-state index in [9.17, 15) is 9.18 Å². The van der Waals surface area contributed by atoms with Crippen LogP contribution in [0.25, 0.3) is 0 Å². The molecular formula is C17H17FNO2. The minimum atomic E-state index is -1.10. The molecule has 1 unspecified atom stereocenters. The number of halogens is 1. The summed E-state index contributed by atoms with van der Waals surface area (Å²) in [5, 5.41) is 2.57. The van der Waals surface area contributed by atoms with Crippen molar-refractivity contribution in [2.24, 2.45) is 0 Å². The first-order chi connectivity index (χ1) is 9.99. The molecule has 0 aromatic heterocycles. The number of ether oxygens (including phenoxy) is 1. The maximum atomic E-state index is 13.8. The number of amides is 1. The molecule has 0 saturated carbocycles. The second-order valence-corrected chi connectivity index (χ2v) is 5.00. The molecular weight excluding hydrogens is 269 g/mol. The number of rotatable bonds is 4. The van der Waals surface area contributed by atoms with Gasteiger partial charge in [-0.1, -0.05) is 48.5 Å². The van der Waals surface area contributed by atoms with E-state index in [-0.39, 0.29) is 6.61 Å². The molecule has 2 aromatic carbocycles. The van der Waals surface area contributed by atoms with E-state index in [1.807, 2.05) is 30.3 Å². The molecule has 0 aliphatic heterocycles. The number of hydrogen-bond acceptors (Lipinski definition) is 2. The van der Waals surface area contributed by atoms with Gasteiger partial charge in [0.25, 0.3) is 0 Å². The summed E-state index contributed by atoms with van der Waals surface area (Å²) in [6.45, 7) is 5.62. The third kappa shape index (κ3) is 4.05. The molecule has 21 heavy (non-hydrogen) atoms. The summed E-state index contributed by atoms with van der Waals surface area (Å²) in [7, 11) is 0. The van der Waals surface area contributed by atoms with E-state index < -0.39 is 17.4 Å². The Kier molecular flexibility index (Phi) is 4.58. The van der Waals surface area contributed by atoms with Crippen LogP contribution in [0.3, 0.4) is 0 Å². The Labute approximate surface area is 123 Å². The van der Waals surface area contributed by atoms with Gasteiger partial charge in [0.1, 0.15) is 12.4 Å². The quantitative estimate of drug-likeness (QED) is 0.928. The zero-order valence-corrected chi connectivity index (χ0v) is 11.8. The lowest BCUT2D eigenvalue weighted by molar-refractivity contribution is 0.131. The first-order valence-electron chi connectivity index (χ1n) is 6.58. The van der Waals surface area contributed by atoms with Crippen molar-refractivity contribution in [1.82, 2.24) is 5.32 Å². The zero-order valence-electron chi connectivity index (χ0n) is 11.8. The monoisotopic (exact) mass is 286 g/mol. The lowest BCUT2D eigenvalue weighted by atomic mass is 9.94. The Morgan fingerprint density at radius 1 is 1.19 bits per heavy atom. The SMILES string of the molecule is [CH2]C(C)(NC(=O)OCc1ccccc1)c1ccccc1F. The van der Waals surface area contributed by atoms with Crippen molar-refractivity contribution >= 4 is 6.09 Å². The van der Waals surface area contributed by atoms with Gasteiger partial charge in [-0.05, 0) is 25.5 Å². The van der Waals surface area contributed by atoms with Crippen molar-refractivity contribution < 1.29 is 13.9 Å². The van der Waals surface area contributed by atoms with Gasteiger partial charge < -0.3 is 10.1 Å². The van der Waals surface area contributed by atoms with Crippen LogP contribution in [0.15, 0.2) is 54.6 Å².